The molecule has 18 heavy (non-hydrogen) atoms. The van der Waals surface area contributed by atoms with Gasteiger partial charge in [-0.1, -0.05) is 38.1 Å². The van der Waals surface area contributed by atoms with Gasteiger partial charge in [-0.25, -0.2) is 0 Å². The molecule has 0 aliphatic rings. The first-order valence-electron chi connectivity index (χ1n) is 6.20. The van der Waals surface area contributed by atoms with E-state index in [9.17, 15) is 0 Å². The van der Waals surface area contributed by atoms with Crippen molar-refractivity contribution in [3.63, 3.8) is 0 Å². The predicted octanol–water partition coefficient (Wildman–Crippen LogP) is 4.56. The summed E-state index contributed by atoms with van der Waals surface area (Å²) in [5.74, 6) is 1.41. The van der Waals surface area contributed by atoms with Gasteiger partial charge < -0.3 is 10.1 Å². The van der Waals surface area contributed by atoms with Gasteiger partial charge in [0.25, 0.3) is 0 Å². The molecular weight excluding hydrogens is 222 g/mol. The second kappa shape index (κ2) is 5.58. The Balaban J connectivity index is 2.18. The van der Waals surface area contributed by atoms with Crippen molar-refractivity contribution in [2.75, 3.05) is 12.4 Å². The Bertz CT molecular complexity index is 503. The Morgan fingerprint density at radius 1 is 0.944 bits per heavy atom. The van der Waals surface area contributed by atoms with Crippen LogP contribution in [0.1, 0.15) is 25.3 Å². The summed E-state index contributed by atoms with van der Waals surface area (Å²) in [6.07, 6.45) is 0. The summed E-state index contributed by atoms with van der Waals surface area (Å²) in [6.45, 7) is 4.39. The van der Waals surface area contributed by atoms with Crippen LogP contribution in [-0.2, 0) is 0 Å². The molecule has 2 heteroatoms. The highest BCUT2D eigenvalue weighted by molar-refractivity contribution is 5.66. The lowest BCUT2D eigenvalue weighted by atomic mass is 10.0. The van der Waals surface area contributed by atoms with Crippen molar-refractivity contribution in [3.8, 4) is 5.75 Å². The van der Waals surface area contributed by atoms with Crippen molar-refractivity contribution in [3.05, 3.63) is 54.1 Å². The van der Waals surface area contributed by atoms with Gasteiger partial charge in [-0.05, 0) is 35.7 Å². The van der Waals surface area contributed by atoms with Crippen LogP contribution in [0.5, 0.6) is 5.75 Å². The largest absolute Gasteiger partial charge is 0.495 e. The van der Waals surface area contributed by atoms with Gasteiger partial charge >= 0.3 is 0 Å². The van der Waals surface area contributed by atoms with Crippen molar-refractivity contribution in [1.82, 2.24) is 0 Å². The molecule has 2 aromatic rings. The number of nitrogens with one attached hydrogen (secondary N) is 1. The fourth-order valence-electron chi connectivity index (χ4n) is 1.85. The quantitative estimate of drug-likeness (QED) is 0.847. The standard InChI is InChI=1S/C16H19NO/c1-12(2)13-8-10-14(11-9-13)17-15-6-4-5-7-16(15)18-3/h4-12,17H,1-3H3. The summed E-state index contributed by atoms with van der Waals surface area (Å²) in [5, 5.41) is 3.36. The molecule has 1 N–H and O–H groups in total. The van der Waals surface area contributed by atoms with Crippen molar-refractivity contribution >= 4 is 11.4 Å². The lowest BCUT2D eigenvalue weighted by molar-refractivity contribution is 0.417. The van der Waals surface area contributed by atoms with E-state index in [1.54, 1.807) is 7.11 Å². The van der Waals surface area contributed by atoms with Crippen LogP contribution in [0.15, 0.2) is 48.5 Å². The van der Waals surface area contributed by atoms with Crippen LogP contribution in [0.4, 0.5) is 11.4 Å². The fraction of sp³-hybridized carbons (Fsp3) is 0.250. The normalized spacial score (nSPS) is 10.4. The van der Waals surface area contributed by atoms with E-state index >= 15 is 0 Å². The molecule has 0 atom stereocenters. The van der Waals surface area contributed by atoms with E-state index in [0.29, 0.717) is 5.92 Å². The number of hydrogen-bond acceptors (Lipinski definition) is 2. The molecule has 0 saturated heterocycles. The summed E-state index contributed by atoms with van der Waals surface area (Å²) >= 11 is 0. The molecule has 0 unspecified atom stereocenters. The molecule has 0 aliphatic heterocycles. The molecule has 0 amide bonds. The van der Waals surface area contributed by atoms with Crippen LogP contribution in [0.2, 0.25) is 0 Å². The lowest BCUT2D eigenvalue weighted by Crippen LogP contribution is -1.95. The monoisotopic (exact) mass is 241 g/mol. The van der Waals surface area contributed by atoms with Crippen LogP contribution >= 0.6 is 0 Å². The Morgan fingerprint density at radius 2 is 1.61 bits per heavy atom. The smallest absolute Gasteiger partial charge is 0.142 e. The van der Waals surface area contributed by atoms with Gasteiger partial charge in [-0.2, -0.15) is 0 Å². The maximum absolute atomic E-state index is 5.32. The Kier molecular flexibility index (Phi) is 3.88. The van der Waals surface area contributed by atoms with Gasteiger partial charge in [0.05, 0.1) is 12.8 Å². The molecule has 94 valence electrons. The van der Waals surface area contributed by atoms with Crippen molar-refractivity contribution in [2.45, 2.75) is 19.8 Å². The first kappa shape index (κ1) is 12.5. The lowest BCUT2D eigenvalue weighted by Gasteiger charge is -2.12. The fourth-order valence-corrected chi connectivity index (χ4v) is 1.85. The minimum atomic E-state index is 0.560. The molecule has 2 aromatic carbocycles. The summed E-state index contributed by atoms with van der Waals surface area (Å²) in [7, 11) is 1.68. The maximum Gasteiger partial charge on any atom is 0.142 e. The summed E-state index contributed by atoms with van der Waals surface area (Å²) in [6, 6.07) is 16.4. The van der Waals surface area contributed by atoms with E-state index in [1.807, 2.05) is 24.3 Å². The van der Waals surface area contributed by atoms with Gasteiger partial charge in [-0.3, -0.25) is 0 Å². The molecule has 0 aliphatic carbocycles. The highest BCUT2D eigenvalue weighted by Gasteiger charge is 2.02. The number of rotatable bonds is 4. The molecular formula is C16H19NO. The average molecular weight is 241 g/mol. The first-order chi connectivity index (χ1) is 8.70. The van der Waals surface area contributed by atoms with Crippen LogP contribution in [-0.4, -0.2) is 7.11 Å². The minimum absolute atomic E-state index is 0.560. The van der Waals surface area contributed by atoms with Crippen molar-refractivity contribution in [1.29, 1.82) is 0 Å². The number of anilines is 2. The molecule has 0 fully saturated rings. The number of benzene rings is 2. The van der Waals surface area contributed by atoms with Crippen LogP contribution < -0.4 is 10.1 Å². The summed E-state index contributed by atoms with van der Waals surface area (Å²) in [4.78, 5) is 0. The van der Waals surface area contributed by atoms with Crippen molar-refractivity contribution < 1.29 is 4.74 Å². The minimum Gasteiger partial charge on any atom is -0.495 e. The summed E-state index contributed by atoms with van der Waals surface area (Å²) < 4.78 is 5.32. The van der Waals surface area contributed by atoms with Gasteiger partial charge in [0, 0.05) is 5.69 Å². The predicted molar refractivity (Wildman–Crippen MR) is 76.8 cm³/mol. The van der Waals surface area contributed by atoms with Crippen molar-refractivity contribution in [2.24, 2.45) is 0 Å². The SMILES string of the molecule is COc1ccccc1Nc1ccc(C(C)C)cc1. The number of hydrogen-bond donors (Lipinski definition) is 1. The van der Waals surface area contributed by atoms with Gasteiger partial charge in [0.15, 0.2) is 0 Å². The second-order valence-corrected chi connectivity index (χ2v) is 4.60. The van der Waals surface area contributed by atoms with Gasteiger partial charge in [0.2, 0.25) is 0 Å². The van der Waals surface area contributed by atoms with Gasteiger partial charge in [-0.15, -0.1) is 0 Å². The zero-order valence-corrected chi connectivity index (χ0v) is 11.1. The molecule has 0 radical (unpaired) electrons. The third kappa shape index (κ3) is 2.83. The highest BCUT2D eigenvalue weighted by atomic mass is 16.5. The van der Waals surface area contributed by atoms with E-state index in [1.165, 1.54) is 5.56 Å². The zero-order chi connectivity index (χ0) is 13.0. The summed E-state index contributed by atoms with van der Waals surface area (Å²) in [5.41, 5.74) is 3.40. The van der Waals surface area contributed by atoms with Gasteiger partial charge in [0.1, 0.15) is 5.75 Å². The molecule has 0 heterocycles. The number of para-hydroxylation sites is 2. The molecule has 0 saturated carbocycles. The maximum atomic E-state index is 5.32. The van der Waals surface area contributed by atoms with E-state index < -0.39 is 0 Å². The molecule has 0 spiro atoms. The van der Waals surface area contributed by atoms with E-state index in [0.717, 1.165) is 17.1 Å². The zero-order valence-electron chi connectivity index (χ0n) is 11.1. The van der Waals surface area contributed by atoms with E-state index in [4.69, 9.17) is 4.74 Å². The molecule has 2 nitrogen and oxygen atoms in total. The number of ether oxygens (including phenoxy) is 1. The second-order valence-electron chi connectivity index (χ2n) is 4.60. The van der Waals surface area contributed by atoms with E-state index in [-0.39, 0.29) is 0 Å². The van der Waals surface area contributed by atoms with Crippen LogP contribution in [0.25, 0.3) is 0 Å². The number of methoxy groups -OCH3 is 1. The average Bonchev–Trinajstić information content (AvgIpc) is 2.40. The molecule has 0 aromatic heterocycles. The van der Waals surface area contributed by atoms with Crippen LogP contribution in [0.3, 0.4) is 0 Å². The topological polar surface area (TPSA) is 21.3 Å². The molecule has 0 bridgehead atoms. The van der Waals surface area contributed by atoms with Crippen LogP contribution in [0, 0.1) is 0 Å². The third-order valence-corrected chi connectivity index (χ3v) is 2.96. The molecule has 2 rings (SSSR count). The highest BCUT2D eigenvalue weighted by Crippen LogP contribution is 2.27. The first-order valence-corrected chi connectivity index (χ1v) is 6.20. The Labute approximate surface area is 109 Å². The third-order valence-electron chi connectivity index (χ3n) is 2.96. The Morgan fingerprint density at radius 3 is 2.22 bits per heavy atom. The Hall–Kier alpha value is -1.96. The van der Waals surface area contributed by atoms with E-state index in [2.05, 4.69) is 43.4 Å².